The van der Waals surface area contributed by atoms with Gasteiger partial charge in [-0.05, 0) is 34.5 Å². The first-order valence-corrected chi connectivity index (χ1v) is 5.10. The lowest BCUT2D eigenvalue weighted by atomic mass is 10.2. The van der Waals surface area contributed by atoms with Crippen molar-refractivity contribution in [1.82, 2.24) is 0 Å². The summed E-state index contributed by atoms with van der Waals surface area (Å²) in [6, 6.07) is 4.90. The lowest BCUT2D eigenvalue weighted by molar-refractivity contribution is 0.621. The molecular formula is C10H9BrClF. The van der Waals surface area contributed by atoms with Crippen molar-refractivity contribution in [3.05, 3.63) is 40.1 Å². The zero-order chi connectivity index (χ0) is 9.84. The van der Waals surface area contributed by atoms with Crippen molar-refractivity contribution >= 4 is 33.6 Å². The molecule has 0 saturated heterocycles. The topological polar surface area (TPSA) is 0 Å². The van der Waals surface area contributed by atoms with E-state index < -0.39 is 0 Å². The van der Waals surface area contributed by atoms with Crippen molar-refractivity contribution in [2.24, 2.45) is 0 Å². The van der Waals surface area contributed by atoms with Gasteiger partial charge in [0.15, 0.2) is 0 Å². The summed E-state index contributed by atoms with van der Waals surface area (Å²) in [6.45, 7) is 1.85. The molecule has 0 fully saturated rings. The molecule has 70 valence electrons. The number of halogens is 3. The fraction of sp³-hybridized carbons (Fsp3) is 0.200. The van der Waals surface area contributed by atoms with Crippen LogP contribution in [0.15, 0.2) is 28.7 Å². The van der Waals surface area contributed by atoms with Crippen LogP contribution >= 0.6 is 27.5 Å². The van der Waals surface area contributed by atoms with Gasteiger partial charge in [-0.3, -0.25) is 0 Å². The molecule has 3 heteroatoms. The Balaban J connectivity index is 2.95. The van der Waals surface area contributed by atoms with Crippen LogP contribution in [0.4, 0.5) is 4.39 Å². The minimum Gasteiger partial charge on any atom is -0.206 e. The molecule has 0 heterocycles. The summed E-state index contributed by atoms with van der Waals surface area (Å²) >= 11 is 8.88. The highest BCUT2D eigenvalue weighted by atomic mass is 79.9. The van der Waals surface area contributed by atoms with Gasteiger partial charge in [-0.2, -0.15) is 0 Å². The number of allylic oxidation sites excluding steroid dienone is 1. The van der Waals surface area contributed by atoms with Crippen molar-refractivity contribution in [2.75, 3.05) is 0 Å². The van der Waals surface area contributed by atoms with Crippen LogP contribution in [-0.4, -0.2) is 5.38 Å². The highest BCUT2D eigenvalue weighted by Gasteiger charge is 2.01. The van der Waals surface area contributed by atoms with Crippen LogP contribution in [0, 0.1) is 5.82 Å². The van der Waals surface area contributed by atoms with Crippen molar-refractivity contribution < 1.29 is 4.39 Å². The standard InChI is InChI=1S/C10H9BrClF/c1-7(12)5-6-8-3-2-4-9(13)10(8)11/h2-7H,1H3/b6-5+. The minimum absolute atomic E-state index is 0.0461. The van der Waals surface area contributed by atoms with E-state index in [-0.39, 0.29) is 11.2 Å². The molecule has 1 unspecified atom stereocenters. The Morgan fingerprint density at radius 1 is 1.54 bits per heavy atom. The average Bonchev–Trinajstić information content (AvgIpc) is 2.07. The van der Waals surface area contributed by atoms with Gasteiger partial charge in [0, 0.05) is 5.38 Å². The maximum Gasteiger partial charge on any atom is 0.137 e. The second kappa shape index (κ2) is 4.77. The number of rotatable bonds is 2. The van der Waals surface area contributed by atoms with Gasteiger partial charge in [0.1, 0.15) is 5.82 Å². The number of hydrogen-bond acceptors (Lipinski definition) is 0. The van der Waals surface area contributed by atoms with E-state index in [1.807, 2.05) is 13.0 Å². The quantitative estimate of drug-likeness (QED) is 0.701. The molecule has 0 aromatic heterocycles. The van der Waals surface area contributed by atoms with E-state index in [0.29, 0.717) is 4.47 Å². The minimum atomic E-state index is -0.260. The molecule has 0 bridgehead atoms. The van der Waals surface area contributed by atoms with Crippen LogP contribution in [0.3, 0.4) is 0 Å². The molecule has 0 N–H and O–H groups in total. The molecule has 0 aliphatic rings. The molecule has 0 spiro atoms. The largest absolute Gasteiger partial charge is 0.206 e. The molecule has 0 saturated carbocycles. The lowest BCUT2D eigenvalue weighted by Crippen LogP contribution is -1.84. The maximum atomic E-state index is 13.0. The van der Waals surface area contributed by atoms with Gasteiger partial charge in [-0.15, -0.1) is 11.6 Å². The molecule has 0 aliphatic carbocycles. The van der Waals surface area contributed by atoms with Gasteiger partial charge in [0.05, 0.1) is 4.47 Å². The van der Waals surface area contributed by atoms with Crippen LogP contribution in [0.2, 0.25) is 0 Å². The van der Waals surface area contributed by atoms with Crippen molar-refractivity contribution in [1.29, 1.82) is 0 Å². The number of benzene rings is 1. The zero-order valence-electron chi connectivity index (χ0n) is 7.10. The summed E-state index contributed by atoms with van der Waals surface area (Å²) in [4.78, 5) is 0. The normalized spacial score (nSPS) is 13.5. The summed E-state index contributed by atoms with van der Waals surface area (Å²) in [5.41, 5.74) is 0.799. The average molecular weight is 264 g/mol. The van der Waals surface area contributed by atoms with Crippen molar-refractivity contribution in [3.8, 4) is 0 Å². The summed E-state index contributed by atoms with van der Waals surface area (Å²) < 4.78 is 13.5. The van der Waals surface area contributed by atoms with E-state index in [2.05, 4.69) is 15.9 Å². The first kappa shape index (κ1) is 10.7. The van der Waals surface area contributed by atoms with E-state index in [0.717, 1.165) is 5.56 Å². The van der Waals surface area contributed by atoms with E-state index in [1.54, 1.807) is 18.2 Å². The molecule has 13 heavy (non-hydrogen) atoms. The van der Waals surface area contributed by atoms with E-state index in [1.165, 1.54) is 6.07 Å². The highest BCUT2D eigenvalue weighted by Crippen LogP contribution is 2.21. The Labute approximate surface area is 90.5 Å². The Morgan fingerprint density at radius 2 is 2.23 bits per heavy atom. The number of alkyl halides is 1. The van der Waals surface area contributed by atoms with E-state index in [9.17, 15) is 4.39 Å². The summed E-state index contributed by atoms with van der Waals surface area (Å²) in [5.74, 6) is -0.260. The van der Waals surface area contributed by atoms with E-state index in [4.69, 9.17) is 11.6 Å². The smallest absolute Gasteiger partial charge is 0.137 e. The van der Waals surface area contributed by atoms with Gasteiger partial charge in [-0.1, -0.05) is 24.3 Å². The predicted octanol–water partition coefficient (Wildman–Crippen LogP) is 4.23. The first-order valence-electron chi connectivity index (χ1n) is 3.87. The Kier molecular flexibility index (Phi) is 3.94. The zero-order valence-corrected chi connectivity index (χ0v) is 9.44. The number of hydrogen-bond donors (Lipinski definition) is 0. The van der Waals surface area contributed by atoms with Gasteiger partial charge in [0.25, 0.3) is 0 Å². The molecule has 0 nitrogen and oxygen atoms in total. The van der Waals surface area contributed by atoms with Crippen LogP contribution in [0.5, 0.6) is 0 Å². The monoisotopic (exact) mass is 262 g/mol. The summed E-state index contributed by atoms with van der Waals surface area (Å²) in [5, 5.41) is -0.0461. The van der Waals surface area contributed by atoms with Crippen LogP contribution < -0.4 is 0 Å². The first-order chi connectivity index (χ1) is 6.11. The van der Waals surface area contributed by atoms with Gasteiger partial charge in [0.2, 0.25) is 0 Å². The van der Waals surface area contributed by atoms with Gasteiger partial charge < -0.3 is 0 Å². The second-order valence-electron chi connectivity index (χ2n) is 2.68. The van der Waals surface area contributed by atoms with Crippen LogP contribution in [0.1, 0.15) is 12.5 Å². The SMILES string of the molecule is CC(Cl)/C=C/c1cccc(F)c1Br. The maximum absolute atomic E-state index is 13.0. The highest BCUT2D eigenvalue weighted by molar-refractivity contribution is 9.10. The van der Waals surface area contributed by atoms with E-state index >= 15 is 0 Å². The Hall–Kier alpha value is -0.340. The molecule has 0 aliphatic heterocycles. The summed E-state index contributed by atoms with van der Waals surface area (Å²) in [6.07, 6.45) is 3.60. The fourth-order valence-corrected chi connectivity index (χ4v) is 1.35. The third-order valence-electron chi connectivity index (χ3n) is 1.52. The third kappa shape index (κ3) is 3.12. The Bertz CT molecular complexity index is 321. The van der Waals surface area contributed by atoms with Gasteiger partial charge >= 0.3 is 0 Å². The summed E-state index contributed by atoms with van der Waals surface area (Å²) in [7, 11) is 0. The lowest BCUT2D eigenvalue weighted by Gasteiger charge is -1.99. The van der Waals surface area contributed by atoms with Crippen LogP contribution in [0.25, 0.3) is 6.08 Å². The predicted molar refractivity (Wildman–Crippen MR) is 58.4 cm³/mol. The van der Waals surface area contributed by atoms with Crippen LogP contribution in [-0.2, 0) is 0 Å². The molecule has 0 radical (unpaired) electrons. The third-order valence-corrected chi connectivity index (χ3v) is 2.50. The fourth-order valence-electron chi connectivity index (χ4n) is 0.885. The molecule has 1 rings (SSSR count). The molecule has 1 aromatic carbocycles. The molecule has 1 aromatic rings. The Morgan fingerprint density at radius 3 is 2.85 bits per heavy atom. The molecular weight excluding hydrogens is 254 g/mol. The molecule has 1 atom stereocenters. The van der Waals surface area contributed by atoms with Crippen molar-refractivity contribution in [2.45, 2.75) is 12.3 Å². The van der Waals surface area contributed by atoms with Crippen molar-refractivity contribution in [3.63, 3.8) is 0 Å². The second-order valence-corrected chi connectivity index (χ2v) is 4.16. The van der Waals surface area contributed by atoms with Gasteiger partial charge in [-0.25, -0.2) is 4.39 Å². The molecule has 0 amide bonds.